The third-order valence-corrected chi connectivity index (χ3v) is 4.11. The molecule has 0 saturated heterocycles. The molecule has 0 spiro atoms. The Balaban J connectivity index is 1.83. The highest BCUT2D eigenvalue weighted by Crippen LogP contribution is 2.19. The molecule has 6 heteroatoms. The summed E-state index contributed by atoms with van der Waals surface area (Å²) in [7, 11) is 1.79. The second-order valence-corrected chi connectivity index (χ2v) is 6.89. The maximum absolute atomic E-state index is 13.3. The Bertz CT molecular complexity index is 698. The first-order chi connectivity index (χ1) is 11.9. The van der Waals surface area contributed by atoms with E-state index in [1.165, 1.54) is 12.1 Å². The predicted molar refractivity (Wildman–Crippen MR) is 97.4 cm³/mol. The molecule has 2 aromatic rings. The molecule has 5 nitrogen and oxygen atoms in total. The maximum Gasteiger partial charge on any atom is 0.239 e. The molecule has 0 aliphatic carbocycles. The number of aromatic amines is 1. The standard InChI is InChI=1S/C19H27FN4O/c1-13(2)10-17(21)19(25)24(3)9-5-8-16-12-18(23-22-16)14-6-4-7-15(20)11-14/h4,6-7,11-13,17H,5,8-10,21H2,1-3H3,(H,22,23)/t17-/m0/s1. The number of amides is 1. The highest BCUT2D eigenvalue weighted by atomic mass is 19.1. The molecule has 25 heavy (non-hydrogen) atoms. The lowest BCUT2D eigenvalue weighted by molar-refractivity contribution is -0.131. The van der Waals surface area contributed by atoms with Crippen LogP contribution in [0.2, 0.25) is 0 Å². The molecule has 0 aliphatic rings. The number of H-pyrrole nitrogens is 1. The Morgan fingerprint density at radius 2 is 2.12 bits per heavy atom. The van der Waals surface area contributed by atoms with Crippen molar-refractivity contribution < 1.29 is 9.18 Å². The van der Waals surface area contributed by atoms with Crippen molar-refractivity contribution in [3.8, 4) is 11.3 Å². The van der Waals surface area contributed by atoms with Gasteiger partial charge in [0.15, 0.2) is 0 Å². The van der Waals surface area contributed by atoms with Gasteiger partial charge in [-0.15, -0.1) is 0 Å². The molecule has 1 atom stereocenters. The lowest BCUT2D eigenvalue weighted by Crippen LogP contribution is -2.42. The van der Waals surface area contributed by atoms with Crippen LogP contribution >= 0.6 is 0 Å². The van der Waals surface area contributed by atoms with Crippen LogP contribution < -0.4 is 5.73 Å². The van der Waals surface area contributed by atoms with Crippen LogP contribution in [0.25, 0.3) is 11.3 Å². The summed E-state index contributed by atoms with van der Waals surface area (Å²) >= 11 is 0. The van der Waals surface area contributed by atoms with Crippen LogP contribution in [0.5, 0.6) is 0 Å². The largest absolute Gasteiger partial charge is 0.344 e. The van der Waals surface area contributed by atoms with Crippen molar-refractivity contribution in [3.63, 3.8) is 0 Å². The molecule has 0 fully saturated rings. The molecular weight excluding hydrogens is 319 g/mol. The normalized spacial score (nSPS) is 12.4. The van der Waals surface area contributed by atoms with E-state index in [0.29, 0.717) is 18.9 Å². The fourth-order valence-corrected chi connectivity index (χ4v) is 2.79. The molecule has 0 radical (unpaired) electrons. The van der Waals surface area contributed by atoms with Crippen LogP contribution in [-0.4, -0.2) is 40.6 Å². The molecule has 1 aromatic carbocycles. The number of likely N-dealkylation sites (N-methyl/N-ethyl adjacent to an activating group) is 1. The van der Waals surface area contributed by atoms with Gasteiger partial charge in [0.2, 0.25) is 5.91 Å². The van der Waals surface area contributed by atoms with E-state index < -0.39 is 6.04 Å². The third-order valence-electron chi connectivity index (χ3n) is 4.11. The number of nitrogens with two attached hydrogens (primary N) is 1. The van der Waals surface area contributed by atoms with Crippen LogP contribution in [0, 0.1) is 11.7 Å². The average molecular weight is 346 g/mol. The summed E-state index contributed by atoms with van der Waals surface area (Å²) in [5.41, 5.74) is 8.37. The summed E-state index contributed by atoms with van der Waals surface area (Å²) < 4.78 is 13.3. The number of nitrogens with one attached hydrogen (secondary N) is 1. The molecule has 0 bridgehead atoms. The van der Waals surface area contributed by atoms with Gasteiger partial charge in [-0.1, -0.05) is 26.0 Å². The number of benzene rings is 1. The topological polar surface area (TPSA) is 75.0 Å². The molecule has 0 saturated carbocycles. The minimum atomic E-state index is -0.434. The van der Waals surface area contributed by atoms with Crippen LogP contribution in [0.3, 0.4) is 0 Å². The third kappa shape index (κ3) is 5.67. The Kier molecular flexibility index (Phi) is 6.70. The van der Waals surface area contributed by atoms with E-state index in [0.717, 1.165) is 29.8 Å². The summed E-state index contributed by atoms with van der Waals surface area (Å²) in [6, 6.07) is 7.85. The fraction of sp³-hybridized carbons (Fsp3) is 0.474. The van der Waals surface area contributed by atoms with Crippen molar-refractivity contribution in [1.29, 1.82) is 0 Å². The first kappa shape index (κ1) is 19.1. The molecule has 136 valence electrons. The number of hydrogen-bond acceptors (Lipinski definition) is 3. The summed E-state index contributed by atoms with van der Waals surface area (Å²) in [5, 5.41) is 7.20. The number of rotatable bonds is 8. The van der Waals surface area contributed by atoms with E-state index >= 15 is 0 Å². The summed E-state index contributed by atoms with van der Waals surface area (Å²) in [6.07, 6.45) is 2.27. The Morgan fingerprint density at radius 3 is 2.80 bits per heavy atom. The van der Waals surface area contributed by atoms with E-state index in [2.05, 4.69) is 24.0 Å². The van der Waals surface area contributed by atoms with E-state index in [4.69, 9.17) is 5.73 Å². The highest BCUT2D eigenvalue weighted by Gasteiger charge is 2.18. The van der Waals surface area contributed by atoms with Crippen molar-refractivity contribution in [1.82, 2.24) is 15.1 Å². The van der Waals surface area contributed by atoms with Gasteiger partial charge in [-0.2, -0.15) is 5.10 Å². The SMILES string of the molecule is CC(C)C[C@H](N)C(=O)N(C)CCCc1cc(-c2cccc(F)c2)n[nH]1. The summed E-state index contributed by atoms with van der Waals surface area (Å²) in [5.74, 6) is 0.109. The molecule has 2 rings (SSSR count). The molecule has 3 N–H and O–H groups in total. The lowest BCUT2D eigenvalue weighted by Gasteiger charge is -2.22. The van der Waals surface area contributed by atoms with Crippen molar-refractivity contribution in [2.24, 2.45) is 11.7 Å². The number of aromatic nitrogens is 2. The van der Waals surface area contributed by atoms with Gasteiger partial charge >= 0.3 is 0 Å². The quantitative estimate of drug-likeness (QED) is 0.771. The first-order valence-corrected chi connectivity index (χ1v) is 8.67. The molecular formula is C19H27FN4O. The number of halogens is 1. The molecule has 1 amide bonds. The van der Waals surface area contributed by atoms with Crippen LogP contribution in [0.4, 0.5) is 4.39 Å². The Labute approximate surface area is 148 Å². The number of hydrogen-bond donors (Lipinski definition) is 2. The van der Waals surface area contributed by atoms with Gasteiger partial charge < -0.3 is 10.6 Å². The smallest absolute Gasteiger partial charge is 0.239 e. The molecule has 1 aromatic heterocycles. The monoisotopic (exact) mass is 346 g/mol. The minimum absolute atomic E-state index is 0.0150. The van der Waals surface area contributed by atoms with Crippen molar-refractivity contribution in [3.05, 3.63) is 41.8 Å². The molecule has 0 aliphatic heterocycles. The van der Waals surface area contributed by atoms with Crippen molar-refractivity contribution >= 4 is 5.91 Å². The van der Waals surface area contributed by atoms with E-state index in [1.54, 1.807) is 18.0 Å². The van der Waals surface area contributed by atoms with Crippen molar-refractivity contribution in [2.75, 3.05) is 13.6 Å². The van der Waals surface area contributed by atoms with Gasteiger partial charge in [0.1, 0.15) is 5.82 Å². The minimum Gasteiger partial charge on any atom is -0.344 e. The Hall–Kier alpha value is -2.21. The van der Waals surface area contributed by atoms with Gasteiger partial charge in [0.25, 0.3) is 0 Å². The molecule has 1 heterocycles. The zero-order chi connectivity index (χ0) is 18.4. The highest BCUT2D eigenvalue weighted by molar-refractivity contribution is 5.81. The van der Waals surface area contributed by atoms with E-state index in [1.807, 2.05) is 12.1 Å². The second-order valence-electron chi connectivity index (χ2n) is 6.89. The van der Waals surface area contributed by atoms with Crippen LogP contribution in [0.1, 0.15) is 32.4 Å². The van der Waals surface area contributed by atoms with Gasteiger partial charge in [-0.3, -0.25) is 9.89 Å². The number of carbonyl (C=O) groups excluding carboxylic acids is 1. The van der Waals surface area contributed by atoms with E-state index in [-0.39, 0.29) is 11.7 Å². The second kappa shape index (κ2) is 8.76. The number of nitrogens with zero attached hydrogens (tertiary/aromatic N) is 2. The van der Waals surface area contributed by atoms with Crippen LogP contribution in [0.15, 0.2) is 30.3 Å². The first-order valence-electron chi connectivity index (χ1n) is 8.67. The lowest BCUT2D eigenvalue weighted by atomic mass is 10.0. The van der Waals surface area contributed by atoms with Gasteiger partial charge in [0.05, 0.1) is 11.7 Å². The van der Waals surface area contributed by atoms with Gasteiger partial charge in [-0.25, -0.2) is 4.39 Å². The van der Waals surface area contributed by atoms with E-state index in [9.17, 15) is 9.18 Å². The number of carbonyl (C=O) groups is 1. The number of aryl methyl sites for hydroxylation is 1. The average Bonchev–Trinajstić information content (AvgIpc) is 3.02. The van der Waals surface area contributed by atoms with Crippen LogP contribution in [-0.2, 0) is 11.2 Å². The summed E-state index contributed by atoms with van der Waals surface area (Å²) in [6.45, 7) is 4.75. The maximum atomic E-state index is 13.3. The zero-order valence-electron chi connectivity index (χ0n) is 15.1. The van der Waals surface area contributed by atoms with Gasteiger partial charge in [0, 0.05) is 24.8 Å². The van der Waals surface area contributed by atoms with Gasteiger partial charge in [-0.05, 0) is 43.4 Å². The summed E-state index contributed by atoms with van der Waals surface area (Å²) in [4.78, 5) is 13.9. The predicted octanol–water partition coefficient (Wildman–Crippen LogP) is 2.98. The molecule has 0 unspecified atom stereocenters. The Morgan fingerprint density at radius 1 is 1.36 bits per heavy atom. The zero-order valence-corrected chi connectivity index (χ0v) is 15.1. The fourth-order valence-electron chi connectivity index (χ4n) is 2.79. The van der Waals surface area contributed by atoms with Crippen molar-refractivity contribution in [2.45, 2.75) is 39.2 Å².